The number of morpholine rings is 1. The smallest absolute Gasteiger partial charge is 0.295 e. The third kappa shape index (κ3) is 6.44. The summed E-state index contributed by atoms with van der Waals surface area (Å²) >= 11 is 0. The molecular formula is C30H36N2O6. The monoisotopic (exact) mass is 520 g/mol. The fraction of sp³-hybridized carbons (Fsp3) is 0.400. The number of amides is 1. The highest BCUT2D eigenvalue weighted by atomic mass is 16.5. The number of ether oxygens (including phenoxy) is 3. The van der Waals surface area contributed by atoms with E-state index in [1.54, 1.807) is 47.4 Å². The molecule has 2 saturated heterocycles. The lowest BCUT2D eigenvalue weighted by Crippen LogP contribution is -2.38. The van der Waals surface area contributed by atoms with Crippen molar-refractivity contribution in [3.8, 4) is 11.5 Å². The van der Waals surface area contributed by atoms with Gasteiger partial charge in [-0.3, -0.25) is 14.5 Å². The molecule has 2 fully saturated rings. The number of aliphatic hydroxyl groups excluding tert-OH is 1. The lowest BCUT2D eigenvalue weighted by atomic mass is 9.95. The number of ketones is 1. The summed E-state index contributed by atoms with van der Waals surface area (Å²) in [6, 6.07) is 13.4. The van der Waals surface area contributed by atoms with Crippen LogP contribution in [-0.2, 0) is 14.3 Å². The molecule has 2 aromatic rings. The minimum atomic E-state index is -0.709. The van der Waals surface area contributed by atoms with Gasteiger partial charge in [0.15, 0.2) is 0 Å². The van der Waals surface area contributed by atoms with Crippen LogP contribution in [0.15, 0.2) is 66.8 Å². The van der Waals surface area contributed by atoms with Gasteiger partial charge in [0, 0.05) is 31.7 Å². The topological polar surface area (TPSA) is 88.5 Å². The average molecular weight is 521 g/mol. The zero-order valence-corrected chi connectivity index (χ0v) is 22.1. The molecule has 2 aliphatic heterocycles. The van der Waals surface area contributed by atoms with Crippen LogP contribution in [-0.4, -0.2) is 78.7 Å². The lowest BCUT2D eigenvalue weighted by Gasteiger charge is -2.29. The normalized spacial score (nSPS) is 19.7. The second-order valence-electron chi connectivity index (χ2n) is 9.66. The molecule has 2 aliphatic rings. The maximum absolute atomic E-state index is 13.3. The summed E-state index contributed by atoms with van der Waals surface area (Å²) in [6.07, 6.45) is 2.37. The third-order valence-electron chi connectivity index (χ3n) is 6.58. The fourth-order valence-electron chi connectivity index (χ4n) is 4.77. The number of carbonyl (C=O) groups is 2. The number of rotatable bonds is 11. The van der Waals surface area contributed by atoms with E-state index < -0.39 is 17.7 Å². The summed E-state index contributed by atoms with van der Waals surface area (Å²) in [4.78, 5) is 30.4. The fourth-order valence-corrected chi connectivity index (χ4v) is 4.77. The number of aliphatic hydroxyl groups is 1. The highest BCUT2D eigenvalue weighted by Crippen LogP contribution is 2.40. The standard InChI is InChI=1S/C30H36N2O6/c1-4-18-37-24-10-6-22(7-11-24)27-26(28(33)23-8-12-25(13-9-23)38-21(2)3)29(34)30(35)32(27)15-5-14-31-16-19-36-20-17-31/h4,6-13,21,27,33H,1,5,14-20H2,2-3H3/b28-26+. The molecule has 38 heavy (non-hydrogen) atoms. The predicted octanol–water partition coefficient (Wildman–Crippen LogP) is 4.18. The highest BCUT2D eigenvalue weighted by Gasteiger charge is 2.45. The number of hydrogen-bond acceptors (Lipinski definition) is 7. The first-order valence-corrected chi connectivity index (χ1v) is 13.1. The lowest BCUT2D eigenvalue weighted by molar-refractivity contribution is -0.140. The van der Waals surface area contributed by atoms with Gasteiger partial charge in [0.2, 0.25) is 0 Å². The molecule has 0 saturated carbocycles. The van der Waals surface area contributed by atoms with Gasteiger partial charge in [-0.25, -0.2) is 0 Å². The summed E-state index contributed by atoms with van der Waals surface area (Å²) in [7, 11) is 0. The molecule has 2 heterocycles. The van der Waals surface area contributed by atoms with E-state index >= 15 is 0 Å². The third-order valence-corrected chi connectivity index (χ3v) is 6.58. The molecule has 0 aliphatic carbocycles. The molecule has 8 heteroatoms. The van der Waals surface area contributed by atoms with Crippen LogP contribution in [0.5, 0.6) is 11.5 Å². The van der Waals surface area contributed by atoms with Gasteiger partial charge in [0.1, 0.15) is 23.9 Å². The van der Waals surface area contributed by atoms with Crippen LogP contribution in [0.3, 0.4) is 0 Å². The van der Waals surface area contributed by atoms with Gasteiger partial charge in [0.25, 0.3) is 11.7 Å². The second kappa shape index (κ2) is 12.8. The predicted molar refractivity (Wildman–Crippen MR) is 145 cm³/mol. The highest BCUT2D eigenvalue weighted by molar-refractivity contribution is 6.46. The van der Waals surface area contributed by atoms with Gasteiger partial charge < -0.3 is 24.2 Å². The number of hydrogen-bond donors (Lipinski definition) is 1. The van der Waals surface area contributed by atoms with E-state index in [2.05, 4.69) is 11.5 Å². The van der Waals surface area contributed by atoms with Crippen molar-refractivity contribution in [2.24, 2.45) is 0 Å². The Kier molecular flexibility index (Phi) is 9.20. The molecule has 2 aromatic carbocycles. The van der Waals surface area contributed by atoms with Crippen LogP contribution in [0.4, 0.5) is 0 Å². The minimum Gasteiger partial charge on any atom is -0.507 e. The molecule has 202 valence electrons. The summed E-state index contributed by atoms with van der Waals surface area (Å²) in [5, 5.41) is 11.3. The number of carbonyl (C=O) groups excluding carboxylic acids is 2. The molecule has 1 atom stereocenters. The summed E-state index contributed by atoms with van der Waals surface area (Å²) in [6.45, 7) is 12.2. The Morgan fingerprint density at radius 2 is 1.71 bits per heavy atom. The molecule has 1 amide bonds. The van der Waals surface area contributed by atoms with Crippen molar-refractivity contribution in [1.29, 1.82) is 0 Å². The minimum absolute atomic E-state index is 0.00988. The second-order valence-corrected chi connectivity index (χ2v) is 9.66. The molecule has 1 unspecified atom stereocenters. The number of nitrogens with zero attached hydrogens (tertiary/aromatic N) is 2. The van der Waals surface area contributed by atoms with Crippen molar-refractivity contribution in [2.75, 3.05) is 46.0 Å². The van der Waals surface area contributed by atoms with E-state index in [0.29, 0.717) is 49.8 Å². The van der Waals surface area contributed by atoms with Crippen LogP contribution < -0.4 is 9.47 Å². The molecule has 0 radical (unpaired) electrons. The first-order valence-electron chi connectivity index (χ1n) is 13.1. The van der Waals surface area contributed by atoms with Crippen molar-refractivity contribution in [1.82, 2.24) is 9.80 Å². The van der Waals surface area contributed by atoms with E-state index in [1.807, 2.05) is 26.0 Å². The largest absolute Gasteiger partial charge is 0.507 e. The number of benzene rings is 2. The first kappa shape index (κ1) is 27.4. The van der Waals surface area contributed by atoms with Gasteiger partial charge in [-0.2, -0.15) is 0 Å². The summed E-state index contributed by atoms with van der Waals surface area (Å²) < 4.78 is 16.7. The Hall–Kier alpha value is -3.62. The zero-order chi connectivity index (χ0) is 27.1. The van der Waals surface area contributed by atoms with Gasteiger partial charge >= 0.3 is 0 Å². The van der Waals surface area contributed by atoms with Crippen molar-refractivity contribution in [3.63, 3.8) is 0 Å². The van der Waals surface area contributed by atoms with Crippen LogP contribution in [0.2, 0.25) is 0 Å². The van der Waals surface area contributed by atoms with Crippen molar-refractivity contribution in [3.05, 3.63) is 77.9 Å². The van der Waals surface area contributed by atoms with E-state index in [0.717, 1.165) is 25.2 Å². The molecule has 8 nitrogen and oxygen atoms in total. The van der Waals surface area contributed by atoms with Gasteiger partial charge in [0.05, 0.1) is 30.9 Å². The van der Waals surface area contributed by atoms with Crippen molar-refractivity contribution < 1.29 is 28.9 Å². The summed E-state index contributed by atoms with van der Waals surface area (Å²) in [5.41, 5.74) is 1.25. The maximum atomic E-state index is 13.3. The van der Waals surface area contributed by atoms with Crippen LogP contribution in [0, 0.1) is 0 Å². The van der Waals surface area contributed by atoms with Gasteiger partial charge in [-0.1, -0.05) is 24.8 Å². The van der Waals surface area contributed by atoms with Crippen LogP contribution in [0.25, 0.3) is 5.76 Å². The van der Waals surface area contributed by atoms with E-state index in [4.69, 9.17) is 14.2 Å². The Bertz CT molecular complexity index is 1150. The Balaban J connectivity index is 1.64. The quantitative estimate of drug-likeness (QED) is 0.206. The van der Waals surface area contributed by atoms with E-state index in [1.165, 1.54) is 0 Å². The molecular weight excluding hydrogens is 484 g/mol. The van der Waals surface area contributed by atoms with E-state index in [9.17, 15) is 14.7 Å². The first-order chi connectivity index (χ1) is 18.4. The number of Topliss-reactive ketones (excluding diaryl/α,β-unsaturated/α-hetero) is 1. The maximum Gasteiger partial charge on any atom is 0.295 e. The molecule has 1 N–H and O–H groups in total. The van der Waals surface area contributed by atoms with Crippen LogP contribution >= 0.6 is 0 Å². The zero-order valence-electron chi connectivity index (χ0n) is 22.1. The Morgan fingerprint density at radius 3 is 2.34 bits per heavy atom. The van der Waals surface area contributed by atoms with Crippen LogP contribution in [0.1, 0.15) is 37.4 Å². The molecule has 0 spiro atoms. The molecule has 0 aromatic heterocycles. The molecule has 0 bridgehead atoms. The Labute approximate surface area is 224 Å². The summed E-state index contributed by atoms with van der Waals surface area (Å²) in [5.74, 6) is -0.184. The molecule has 4 rings (SSSR count). The van der Waals surface area contributed by atoms with Gasteiger partial charge in [-0.15, -0.1) is 0 Å². The van der Waals surface area contributed by atoms with E-state index in [-0.39, 0.29) is 17.4 Å². The Morgan fingerprint density at radius 1 is 1.05 bits per heavy atom. The van der Waals surface area contributed by atoms with Gasteiger partial charge in [-0.05, 0) is 62.2 Å². The van der Waals surface area contributed by atoms with Crippen molar-refractivity contribution in [2.45, 2.75) is 32.4 Å². The SMILES string of the molecule is C=CCOc1ccc(C2/C(=C(\O)c3ccc(OC(C)C)cc3)C(=O)C(=O)N2CCCN2CCOCC2)cc1. The number of likely N-dealkylation sites (tertiary alicyclic amines) is 1. The average Bonchev–Trinajstić information content (AvgIpc) is 3.17. The van der Waals surface area contributed by atoms with Crippen molar-refractivity contribution >= 4 is 17.4 Å².